The molecule has 0 rings (SSSR count). The van der Waals surface area contributed by atoms with Crippen LogP contribution in [0.3, 0.4) is 0 Å². The Hall–Kier alpha value is 0.323. The van der Waals surface area contributed by atoms with Gasteiger partial charge in [-0.15, -0.1) is 6.58 Å². The molecule has 0 aromatic heterocycles. The van der Waals surface area contributed by atoms with Crippen LogP contribution in [0.4, 0.5) is 0 Å². The van der Waals surface area contributed by atoms with E-state index in [0.717, 1.165) is 0 Å². The predicted molar refractivity (Wildman–Crippen MR) is 21.9 cm³/mol. The van der Waals surface area contributed by atoms with Crippen LogP contribution in [-0.4, -0.2) is 11.7 Å². The van der Waals surface area contributed by atoms with Crippen LogP contribution in [0.5, 0.6) is 0 Å². The molecule has 1 N–H and O–H groups in total. The average molecular weight is 173 g/mol. The first-order valence-corrected chi connectivity index (χ1v) is 1.63. The van der Waals surface area contributed by atoms with Crippen molar-refractivity contribution in [1.29, 1.82) is 0 Å². The quantitative estimate of drug-likeness (QED) is 0.477. The van der Waals surface area contributed by atoms with Crippen molar-refractivity contribution in [1.82, 2.24) is 0 Å². The molecule has 6 heavy (non-hydrogen) atoms. The predicted octanol–water partition coefficient (Wildman–Crippen LogP) is 0.552. The maximum Gasteiger partial charge on any atom is 0.0465 e. The van der Waals surface area contributed by atoms with E-state index in [4.69, 9.17) is 5.11 Å². The average Bonchev–Trinajstić information content (AvgIpc) is 1.41. The summed E-state index contributed by atoms with van der Waals surface area (Å²) in [5.74, 6) is 0. The second-order valence-corrected chi connectivity index (χ2v) is 0.801. The molecule has 0 atom stereocenters. The minimum atomic E-state index is 0. The van der Waals surface area contributed by atoms with Gasteiger partial charge in [-0.05, 0) is 6.42 Å². The van der Waals surface area contributed by atoms with Crippen LogP contribution in [-0.2, 0) is 19.5 Å². The fraction of sp³-hybridized carbons (Fsp3) is 0.500. The van der Waals surface area contributed by atoms with Gasteiger partial charge in [0.15, 0.2) is 0 Å². The Kier molecular flexibility index (Phi) is 14.4. The first kappa shape index (κ1) is 9.59. The summed E-state index contributed by atoms with van der Waals surface area (Å²) < 4.78 is 0. The molecule has 0 aromatic carbocycles. The van der Waals surface area contributed by atoms with E-state index >= 15 is 0 Å². The van der Waals surface area contributed by atoms with Crippen LogP contribution in [0.25, 0.3) is 0 Å². The minimum absolute atomic E-state index is 0. The Morgan fingerprint density at radius 1 is 1.67 bits per heavy atom. The summed E-state index contributed by atoms with van der Waals surface area (Å²) in [6.07, 6.45) is 2.39. The summed E-state index contributed by atoms with van der Waals surface area (Å²) in [5.41, 5.74) is 0. The normalized spacial score (nSPS) is 6.17. The minimum Gasteiger partial charge on any atom is -0.396 e. The Morgan fingerprint density at radius 2 is 2.17 bits per heavy atom. The Balaban J connectivity index is 0. The van der Waals surface area contributed by atoms with Gasteiger partial charge in [-0.25, -0.2) is 0 Å². The first-order valence-electron chi connectivity index (χ1n) is 1.63. The van der Waals surface area contributed by atoms with E-state index in [0.29, 0.717) is 6.42 Å². The summed E-state index contributed by atoms with van der Waals surface area (Å²) in [6, 6.07) is 0. The van der Waals surface area contributed by atoms with Gasteiger partial charge < -0.3 is 5.11 Å². The second-order valence-electron chi connectivity index (χ2n) is 0.801. The van der Waals surface area contributed by atoms with Gasteiger partial charge in [0, 0.05) is 26.1 Å². The van der Waals surface area contributed by atoms with Gasteiger partial charge in [0.05, 0.1) is 0 Å². The molecule has 0 fully saturated rings. The van der Waals surface area contributed by atoms with Crippen molar-refractivity contribution < 1.29 is 24.6 Å². The van der Waals surface area contributed by atoms with Gasteiger partial charge in [0.25, 0.3) is 0 Å². The van der Waals surface area contributed by atoms with E-state index in [-0.39, 0.29) is 26.1 Å². The fourth-order valence-corrected chi connectivity index (χ4v) is 0.0913. The van der Waals surface area contributed by atoms with Crippen molar-refractivity contribution in [3.05, 3.63) is 12.7 Å². The third-order valence-electron chi connectivity index (χ3n) is 0.333. The fourth-order valence-electron chi connectivity index (χ4n) is 0.0913. The maximum absolute atomic E-state index is 8.00. The van der Waals surface area contributed by atoms with E-state index in [2.05, 4.69) is 6.58 Å². The molecule has 0 aliphatic heterocycles. The molecule has 0 aliphatic rings. The number of rotatable bonds is 2. The topological polar surface area (TPSA) is 20.2 Å². The van der Waals surface area contributed by atoms with E-state index < -0.39 is 0 Å². The molecule has 2 heteroatoms. The second kappa shape index (κ2) is 9.01. The van der Waals surface area contributed by atoms with Crippen molar-refractivity contribution in [2.24, 2.45) is 0 Å². The number of hydrogen-bond acceptors (Lipinski definition) is 1. The van der Waals surface area contributed by atoms with Crippen molar-refractivity contribution in [3.63, 3.8) is 0 Å². The van der Waals surface area contributed by atoms with Gasteiger partial charge in [-0.3, -0.25) is 0 Å². The molecule has 0 heterocycles. The molecular weight excluding hydrogens is 165 g/mol. The van der Waals surface area contributed by atoms with Crippen LogP contribution >= 0.6 is 0 Å². The van der Waals surface area contributed by atoms with E-state index in [9.17, 15) is 0 Å². The molecule has 0 unspecified atom stereocenters. The Labute approximate surface area is 50.8 Å². The van der Waals surface area contributed by atoms with Gasteiger partial charge in [-0.1, -0.05) is 6.08 Å². The van der Waals surface area contributed by atoms with Crippen molar-refractivity contribution in [3.8, 4) is 0 Å². The maximum atomic E-state index is 8.00. The van der Waals surface area contributed by atoms with Gasteiger partial charge >= 0.3 is 0 Å². The summed E-state index contributed by atoms with van der Waals surface area (Å²) in [7, 11) is 0. The van der Waals surface area contributed by atoms with Gasteiger partial charge in [0.2, 0.25) is 0 Å². The number of aliphatic hydroxyl groups is 1. The van der Waals surface area contributed by atoms with E-state index in [1.807, 2.05) is 0 Å². The summed E-state index contributed by atoms with van der Waals surface area (Å²) >= 11 is 0. The van der Waals surface area contributed by atoms with Crippen LogP contribution in [0.2, 0.25) is 0 Å². The molecule has 0 bridgehead atoms. The summed E-state index contributed by atoms with van der Waals surface area (Å²) in [5, 5.41) is 8.00. The van der Waals surface area contributed by atoms with Crippen LogP contribution < -0.4 is 0 Å². The van der Waals surface area contributed by atoms with Gasteiger partial charge in [0.1, 0.15) is 0 Å². The van der Waals surface area contributed by atoms with E-state index in [1.165, 1.54) is 0 Å². The van der Waals surface area contributed by atoms with Gasteiger partial charge in [-0.2, -0.15) is 0 Å². The molecule has 0 saturated carbocycles. The molecule has 0 saturated heterocycles. The molecule has 0 spiro atoms. The zero-order valence-corrected chi connectivity index (χ0v) is 5.24. The molecule has 0 radical (unpaired) electrons. The van der Waals surface area contributed by atoms with Crippen molar-refractivity contribution in [2.75, 3.05) is 6.61 Å². The van der Waals surface area contributed by atoms with Crippen molar-refractivity contribution >= 4 is 0 Å². The Bertz CT molecular complexity index is 28.7. The smallest absolute Gasteiger partial charge is 0.0465 e. The number of hydrogen-bond donors (Lipinski definition) is 1. The molecule has 0 amide bonds. The molecule has 0 aromatic rings. The Morgan fingerprint density at radius 3 is 2.17 bits per heavy atom. The zero-order chi connectivity index (χ0) is 4.12. The molecular formula is C4H8ORu. The zero-order valence-electron chi connectivity index (χ0n) is 3.50. The molecule has 0 aliphatic carbocycles. The molecule has 1 nitrogen and oxygen atoms in total. The molecule has 38 valence electrons. The first-order chi connectivity index (χ1) is 2.41. The third-order valence-corrected chi connectivity index (χ3v) is 0.333. The summed E-state index contributed by atoms with van der Waals surface area (Å²) in [4.78, 5) is 0. The number of aliphatic hydroxyl groups excluding tert-OH is 1. The third kappa shape index (κ3) is 8.85. The van der Waals surface area contributed by atoms with Crippen LogP contribution in [0, 0.1) is 0 Å². The SMILES string of the molecule is C=CCCO.[Ru]. The van der Waals surface area contributed by atoms with Crippen LogP contribution in [0.15, 0.2) is 12.7 Å². The summed E-state index contributed by atoms with van der Waals surface area (Å²) in [6.45, 7) is 3.62. The van der Waals surface area contributed by atoms with Crippen LogP contribution in [0.1, 0.15) is 6.42 Å². The van der Waals surface area contributed by atoms with E-state index in [1.54, 1.807) is 6.08 Å². The monoisotopic (exact) mass is 174 g/mol. The van der Waals surface area contributed by atoms with Crippen molar-refractivity contribution in [2.45, 2.75) is 6.42 Å². The largest absolute Gasteiger partial charge is 0.396 e. The standard InChI is InChI=1S/C4H8O.Ru/c1-2-3-4-5;/h2,5H,1,3-4H2;.